The summed E-state index contributed by atoms with van der Waals surface area (Å²) in [7, 11) is 0. The quantitative estimate of drug-likeness (QED) is 0.710. The molecule has 5 nitrogen and oxygen atoms in total. The maximum absolute atomic E-state index is 12.8. The summed E-state index contributed by atoms with van der Waals surface area (Å²) in [4.78, 5) is 28.7. The lowest BCUT2D eigenvalue weighted by molar-refractivity contribution is -0.181. The van der Waals surface area contributed by atoms with E-state index in [0.29, 0.717) is 18.8 Å². The Labute approximate surface area is 118 Å². The Bertz CT molecular complexity index is 452. The lowest BCUT2D eigenvalue weighted by atomic mass is 9.70. The Morgan fingerprint density at radius 3 is 2.70 bits per heavy atom. The summed E-state index contributed by atoms with van der Waals surface area (Å²) in [5, 5.41) is 10.2. The number of piperidine rings is 4. The van der Waals surface area contributed by atoms with Crippen molar-refractivity contribution in [2.75, 3.05) is 6.54 Å². The summed E-state index contributed by atoms with van der Waals surface area (Å²) in [6, 6.07) is 0.244. The molecule has 1 N–H and O–H groups in total. The van der Waals surface area contributed by atoms with Crippen molar-refractivity contribution in [3.63, 3.8) is 0 Å². The predicted octanol–water partition coefficient (Wildman–Crippen LogP) is 0.717. The van der Waals surface area contributed by atoms with Gasteiger partial charge in [0.05, 0.1) is 5.92 Å². The third kappa shape index (κ3) is 1.65. The van der Waals surface area contributed by atoms with Crippen LogP contribution in [0.4, 0.5) is 0 Å². The molecule has 0 aromatic carbocycles. The molecule has 4 fully saturated rings. The van der Waals surface area contributed by atoms with E-state index in [1.807, 2.05) is 4.90 Å². The van der Waals surface area contributed by atoms with Gasteiger partial charge in [0.25, 0.3) is 0 Å². The first-order valence-corrected chi connectivity index (χ1v) is 7.96. The average molecular weight is 278 g/mol. The number of rotatable bonds is 0. The van der Waals surface area contributed by atoms with E-state index in [1.165, 1.54) is 0 Å². The van der Waals surface area contributed by atoms with Crippen LogP contribution in [0.3, 0.4) is 0 Å². The third-order valence-electron chi connectivity index (χ3n) is 5.82. The molecule has 5 atom stereocenters. The smallest absolute Gasteiger partial charge is 0.230 e. The molecule has 110 valence electrons. The highest BCUT2D eigenvalue weighted by Gasteiger charge is 2.53. The minimum Gasteiger partial charge on any atom is -0.374 e. The normalized spacial score (nSPS) is 44.1. The Morgan fingerprint density at radius 1 is 1.05 bits per heavy atom. The van der Waals surface area contributed by atoms with Gasteiger partial charge in [-0.3, -0.25) is 9.59 Å². The summed E-state index contributed by atoms with van der Waals surface area (Å²) < 4.78 is 0. The van der Waals surface area contributed by atoms with Crippen LogP contribution >= 0.6 is 0 Å². The van der Waals surface area contributed by atoms with Crippen LogP contribution in [-0.4, -0.2) is 51.6 Å². The monoisotopic (exact) mass is 278 g/mol. The Balaban J connectivity index is 1.68. The molecule has 0 radical (unpaired) electrons. The Morgan fingerprint density at radius 2 is 1.85 bits per heavy atom. The topological polar surface area (TPSA) is 60.9 Å². The van der Waals surface area contributed by atoms with Crippen LogP contribution in [-0.2, 0) is 9.59 Å². The molecule has 4 aliphatic heterocycles. The number of carbonyl (C=O) groups excluding carboxylic acids is 2. The van der Waals surface area contributed by atoms with Gasteiger partial charge in [-0.15, -0.1) is 0 Å². The molecule has 2 amide bonds. The summed E-state index contributed by atoms with van der Waals surface area (Å²) in [5.41, 5.74) is 0. The van der Waals surface area contributed by atoms with Crippen LogP contribution in [0.2, 0.25) is 0 Å². The van der Waals surface area contributed by atoms with Crippen molar-refractivity contribution >= 4 is 11.8 Å². The third-order valence-corrected chi connectivity index (χ3v) is 5.82. The minimum absolute atomic E-state index is 0.0676. The van der Waals surface area contributed by atoms with Crippen molar-refractivity contribution in [3.8, 4) is 0 Å². The molecule has 4 aliphatic rings. The second-order valence-corrected chi connectivity index (χ2v) is 6.83. The van der Waals surface area contributed by atoms with Gasteiger partial charge in [0.15, 0.2) is 0 Å². The molecule has 0 aromatic rings. The Hall–Kier alpha value is -1.10. The second kappa shape index (κ2) is 4.45. The first-order valence-electron chi connectivity index (χ1n) is 7.96. The molecular formula is C15H22N2O3. The molecule has 0 aliphatic carbocycles. The molecule has 0 saturated carbocycles. The number of fused-ring (bicyclic) bond motifs is 6. The highest BCUT2D eigenvalue weighted by molar-refractivity contribution is 5.84. The first-order chi connectivity index (χ1) is 9.66. The lowest BCUT2D eigenvalue weighted by Gasteiger charge is -2.57. The van der Waals surface area contributed by atoms with Gasteiger partial charge in [-0.2, -0.15) is 0 Å². The molecule has 5 heteroatoms. The fourth-order valence-electron chi connectivity index (χ4n) is 4.93. The number of amides is 2. The molecule has 0 spiro atoms. The number of hydrogen-bond donors (Lipinski definition) is 1. The number of aliphatic hydroxyl groups is 1. The fraction of sp³-hybridized carbons (Fsp3) is 0.867. The molecule has 20 heavy (non-hydrogen) atoms. The Kier molecular flexibility index (Phi) is 2.81. The lowest BCUT2D eigenvalue weighted by Crippen LogP contribution is -2.68. The van der Waals surface area contributed by atoms with E-state index in [1.54, 1.807) is 4.90 Å². The fourth-order valence-corrected chi connectivity index (χ4v) is 4.93. The van der Waals surface area contributed by atoms with Gasteiger partial charge < -0.3 is 14.9 Å². The second-order valence-electron chi connectivity index (χ2n) is 6.83. The van der Waals surface area contributed by atoms with E-state index < -0.39 is 6.23 Å². The number of carbonyl (C=O) groups is 2. The van der Waals surface area contributed by atoms with Crippen LogP contribution < -0.4 is 0 Å². The van der Waals surface area contributed by atoms with E-state index in [-0.39, 0.29) is 29.8 Å². The molecule has 4 heterocycles. The van der Waals surface area contributed by atoms with Gasteiger partial charge in [0.2, 0.25) is 11.8 Å². The highest BCUT2D eigenvalue weighted by Crippen LogP contribution is 2.44. The van der Waals surface area contributed by atoms with E-state index in [0.717, 1.165) is 38.6 Å². The molecule has 0 aromatic heterocycles. The van der Waals surface area contributed by atoms with E-state index >= 15 is 0 Å². The first kappa shape index (κ1) is 12.6. The van der Waals surface area contributed by atoms with Crippen molar-refractivity contribution in [1.82, 2.24) is 9.80 Å². The summed E-state index contributed by atoms with van der Waals surface area (Å²) in [5.74, 6) is 0.629. The number of hydrogen-bond acceptors (Lipinski definition) is 3. The van der Waals surface area contributed by atoms with Crippen molar-refractivity contribution in [1.29, 1.82) is 0 Å². The van der Waals surface area contributed by atoms with Crippen LogP contribution in [0.1, 0.15) is 44.9 Å². The van der Waals surface area contributed by atoms with E-state index in [9.17, 15) is 14.7 Å². The van der Waals surface area contributed by atoms with Gasteiger partial charge in [0, 0.05) is 25.0 Å². The van der Waals surface area contributed by atoms with Gasteiger partial charge in [0.1, 0.15) is 6.23 Å². The zero-order valence-corrected chi connectivity index (χ0v) is 11.7. The molecule has 5 unspecified atom stereocenters. The standard InChI is InChI=1S/C15H22N2O3/c18-13-5-2-4-12-10-7-9(8-16(12)13)11-3-1-6-14(19)17(11)15(10)20/h9-12,14,19H,1-8H2. The van der Waals surface area contributed by atoms with Crippen LogP contribution in [0.25, 0.3) is 0 Å². The SMILES string of the molecule is O=C1CCCC2C3CC(CN12)C1CCCC(O)N1C3=O. The van der Waals surface area contributed by atoms with Gasteiger partial charge in [-0.05, 0) is 44.4 Å². The number of aliphatic hydroxyl groups excluding tert-OH is 1. The molecule has 4 saturated heterocycles. The summed E-state index contributed by atoms with van der Waals surface area (Å²) >= 11 is 0. The summed E-state index contributed by atoms with van der Waals surface area (Å²) in [6.45, 7) is 0.793. The average Bonchev–Trinajstić information content (AvgIpc) is 2.45. The molecule has 2 bridgehead atoms. The minimum atomic E-state index is -0.600. The van der Waals surface area contributed by atoms with Crippen LogP contribution in [0.5, 0.6) is 0 Å². The largest absolute Gasteiger partial charge is 0.374 e. The summed E-state index contributed by atoms with van der Waals surface area (Å²) in [6.07, 6.45) is 5.47. The van der Waals surface area contributed by atoms with Crippen molar-refractivity contribution < 1.29 is 14.7 Å². The zero-order chi connectivity index (χ0) is 13.9. The van der Waals surface area contributed by atoms with Crippen molar-refractivity contribution in [2.45, 2.75) is 63.3 Å². The predicted molar refractivity (Wildman–Crippen MR) is 71.4 cm³/mol. The highest BCUT2D eigenvalue weighted by atomic mass is 16.3. The van der Waals surface area contributed by atoms with Gasteiger partial charge in [-0.1, -0.05) is 0 Å². The van der Waals surface area contributed by atoms with Crippen LogP contribution in [0, 0.1) is 11.8 Å². The van der Waals surface area contributed by atoms with Gasteiger partial charge >= 0.3 is 0 Å². The van der Waals surface area contributed by atoms with Crippen molar-refractivity contribution in [3.05, 3.63) is 0 Å². The van der Waals surface area contributed by atoms with Crippen LogP contribution in [0.15, 0.2) is 0 Å². The van der Waals surface area contributed by atoms with Gasteiger partial charge in [-0.25, -0.2) is 0 Å². The van der Waals surface area contributed by atoms with Crippen molar-refractivity contribution in [2.24, 2.45) is 11.8 Å². The molecule has 4 rings (SSSR count). The van der Waals surface area contributed by atoms with E-state index in [4.69, 9.17) is 0 Å². The van der Waals surface area contributed by atoms with E-state index in [2.05, 4.69) is 0 Å². The number of nitrogens with zero attached hydrogens (tertiary/aromatic N) is 2. The maximum atomic E-state index is 12.8. The maximum Gasteiger partial charge on any atom is 0.230 e. The zero-order valence-electron chi connectivity index (χ0n) is 11.7. The molecular weight excluding hydrogens is 256 g/mol.